The lowest BCUT2D eigenvalue weighted by Gasteiger charge is -2.16. The molecule has 4 heteroatoms. The second-order valence-corrected chi connectivity index (χ2v) is 3.15. The fraction of sp³-hybridized carbons (Fsp3) is 0.364. The first-order valence-electron chi connectivity index (χ1n) is 4.76. The molecule has 0 aromatic heterocycles. The van der Waals surface area contributed by atoms with Crippen molar-refractivity contribution in [2.45, 2.75) is 13.5 Å². The lowest BCUT2D eigenvalue weighted by molar-refractivity contribution is 0.114. The standard InChI is InChI=1S/C11H14FNO2/c1-3-15-11(14)13(2)8-9-6-4-5-7-10(9)12/h4-7H,3,8H2,1-2H3. The number of nitrogens with zero attached hydrogens (tertiary/aromatic N) is 1. The summed E-state index contributed by atoms with van der Waals surface area (Å²) in [7, 11) is 1.57. The molecule has 1 aromatic rings. The predicted octanol–water partition coefficient (Wildman–Crippen LogP) is 2.41. The zero-order chi connectivity index (χ0) is 11.3. The first-order chi connectivity index (χ1) is 7.15. The highest BCUT2D eigenvalue weighted by atomic mass is 19.1. The lowest BCUT2D eigenvalue weighted by Crippen LogP contribution is -2.27. The largest absolute Gasteiger partial charge is 0.450 e. The van der Waals surface area contributed by atoms with Crippen molar-refractivity contribution < 1.29 is 13.9 Å². The quantitative estimate of drug-likeness (QED) is 0.768. The second-order valence-electron chi connectivity index (χ2n) is 3.15. The van der Waals surface area contributed by atoms with E-state index in [-0.39, 0.29) is 12.4 Å². The summed E-state index contributed by atoms with van der Waals surface area (Å²) in [4.78, 5) is 12.6. The van der Waals surface area contributed by atoms with Crippen molar-refractivity contribution in [2.24, 2.45) is 0 Å². The molecule has 0 aliphatic heterocycles. The van der Waals surface area contributed by atoms with Crippen LogP contribution >= 0.6 is 0 Å². The minimum atomic E-state index is -0.444. The lowest BCUT2D eigenvalue weighted by atomic mass is 10.2. The van der Waals surface area contributed by atoms with Crippen LogP contribution in [0.25, 0.3) is 0 Å². The van der Waals surface area contributed by atoms with E-state index in [2.05, 4.69) is 0 Å². The molecule has 0 fully saturated rings. The summed E-state index contributed by atoms with van der Waals surface area (Å²) in [5.74, 6) is -0.311. The van der Waals surface area contributed by atoms with Gasteiger partial charge in [-0.2, -0.15) is 0 Å². The van der Waals surface area contributed by atoms with Crippen molar-refractivity contribution in [2.75, 3.05) is 13.7 Å². The van der Waals surface area contributed by atoms with Crippen LogP contribution in [0.1, 0.15) is 12.5 Å². The van der Waals surface area contributed by atoms with E-state index >= 15 is 0 Å². The van der Waals surface area contributed by atoms with Gasteiger partial charge in [-0.05, 0) is 13.0 Å². The van der Waals surface area contributed by atoms with Gasteiger partial charge < -0.3 is 9.64 Å². The highest BCUT2D eigenvalue weighted by molar-refractivity contribution is 5.67. The normalized spacial score (nSPS) is 9.80. The summed E-state index contributed by atoms with van der Waals surface area (Å²) in [6, 6.07) is 6.36. The van der Waals surface area contributed by atoms with E-state index in [0.29, 0.717) is 12.2 Å². The molecular weight excluding hydrogens is 197 g/mol. The maximum atomic E-state index is 13.2. The zero-order valence-electron chi connectivity index (χ0n) is 8.87. The topological polar surface area (TPSA) is 29.5 Å². The predicted molar refractivity (Wildman–Crippen MR) is 54.9 cm³/mol. The van der Waals surface area contributed by atoms with Gasteiger partial charge in [-0.1, -0.05) is 18.2 Å². The second kappa shape index (κ2) is 5.34. The summed E-state index contributed by atoms with van der Waals surface area (Å²) in [5, 5.41) is 0. The minimum absolute atomic E-state index is 0.214. The summed E-state index contributed by atoms with van der Waals surface area (Å²) in [5.41, 5.74) is 0.480. The molecule has 0 bridgehead atoms. The number of amides is 1. The molecule has 1 aromatic carbocycles. The SMILES string of the molecule is CCOC(=O)N(C)Cc1ccccc1F. The van der Waals surface area contributed by atoms with Crippen molar-refractivity contribution in [3.63, 3.8) is 0 Å². The van der Waals surface area contributed by atoms with Gasteiger partial charge in [-0.3, -0.25) is 0 Å². The molecule has 1 rings (SSSR count). The Morgan fingerprint density at radius 2 is 2.13 bits per heavy atom. The third-order valence-corrected chi connectivity index (χ3v) is 1.94. The van der Waals surface area contributed by atoms with Crippen molar-refractivity contribution >= 4 is 6.09 Å². The van der Waals surface area contributed by atoms with E-state index in [9.17, 15) is 9.18 Å². The fourth-order valence-electron chi connectivity index (χ4n) is 1.18. The Balaban J connectivity index is 2.62. The Hall–Kier alpha value is -1.58. The van der Waals surface area contributed by atoms with Gasteiger partial charge in [-0.15, -0.1) is 0 Å². The molecule has 0 saturated carbocycles. The molecule has 0 radical (unpaired) electrons. The van der Waals surface area contributed by atoms with E-state index in [1.165, 1.54) is 11.0 Å². The Bertz CT molecular complexity index is 341. The van der Waals surface area contributed by atoms with Crippen molar-refractivity contribution in [3.8, 4) is 0 Å². The summed E-state index contributed by atoms with van der Waals surface area (Å²) < 4.78 is 18.0. The maximum absolute atomic E-state index is 13.2. The monoisotopic (exact) mass is 211 g/mol. The van der Waals surface area contributed by atoms with Gasteiger partial charge in [0.2, 0.25) is 0 Å². The average molecular weight is 211 g/mol. The average Bonchev–Trinajstić information content (AvgIpc) is 2.21. The molecule has 0 atom stereocenters. The number of hydrogen-bond donors (Lipinski definition) is 0. The van der Waals surface area contributed by atoms with E-state index in [0.717, 1.165) is 0 Å². The van der Waals surface area contributed by atoms with Gasteiger partial charge in [0.1, 0.15) is 5.82 Å². The third kappa shape index (κ3) is 3.23. The van der Waals surface area contributed by atoms with Crippen LogP contribution in [0.5, 0.6) is 0 Å². The molecular formula is C11H14FNO2. The Morgan fingerprint density at radius 3 is 2.73 bits per heavy atom. The van der Waals surface area contributed by atoms with Crippen molar-refractivity contribution in [1.82, 2.24) is 4.90 Å². The molecule has 3 nitrogen and oxygen atoms in total. The molecule has 0 saturated heterocycles. The van der Waals surface area contributed by atoms with Crippen LogP contribution in [0.4, 0.5) is 9.18 Å². The van der Waals surface area contributed by atoms with Crippen molar-refractivity contribution in [3.05, 3.63) is 35.6 Å². The number of hydrogen-bond acceptors (Lipinski definition) is 2. The van der Waals surface area contributed by atoms with Gasteiger partial charge >= 0.3 is 6.09 Å². The Kier molecular flexibility index (Phi) is 4.09. The number of halogens is 1. The van der Waals surface area contributed by atoms with Crippen LogP contribution in [0.3, 0.4) is 0 Å². The van der Waals surface area contributed by atoms with Crippen LogP contribution in [-0.2, 0) is 11.3 Å². The molecule has 0 heterocycles. The van der Waals surface area contributed by atoms with Crippen LogP contribution in [-0.4, -0.2) is 24.6 Å². The molecule has 15 heavy (non-hydrogen) atoms. The summed E-state index contributed by atoms with van der Waals surface area (Å²) in [6.45, 7) is 2.26. The van der Waals surface area contributed by atoms with Gasteiger partial charge in [0.25, 0.3) is 0 Å². The molecule has 0 N–H and O–H groups in total. The molecule has 1 amide bonds. The minimum Gasteiger partial charge on any atom is -0.450 e. The molecule has 0 aliphatic rings. The summed E-state index contributed by atoms with van der Waals surface area (Å²) >= 11 is 0. The van der Waals surface area contributed by atoms with Crippen LogP contribution < -0.4 is 0 Å². The van der Waals surface area contributed by atoms with Crippen LogP contribution in [0.2, 0.25) is 0 Å². The number of benzene rings is 1. The Labute approximate surface area is 88.5 Å². The van der Waals surface area contributed by atoms with E-state index in [1.54, 1.807) is 32.2 Å². The van der Waals surface area contributed by atoms with E-state index in [1.807, 2.05) is 0 Å². The fourth-order valence-corrected chi connectivity index (χ4v) is 1.18. The van der Waals surface area contributed by atoms with E-state index in [4.69, 9.17) is 4.74 Å². The third-order valence-electron chi connectivity index (χ3n) is 1.94. The highest BCUT2D eigenvalue weighted by Gasteiger charge is 2.11. The smallest absolute Gasteiger partial charge is 0.409 e. The van der Waals surface area contributed by atoms with Gasteiger partial charge in [0, 0.05) is 12.6 Å². The van der Waals surface area contributed by atoms with E-state index < -0.39 is 6.09 Å². The first kappa shape index (κ1) is 11.5. The van der Waals surface area contributed by atoms with Gasteiger partial charge in [0.15, 0.2) is 0 Å². The van der Waals surface area contributed by atoms with Crippen LogP contribution in [0, 0.1) is 5.82 Å². The number of ether oxygens (including phenoxy) is 1. The van der Waals surface area contributed by atoms with Crippen LogP contribution in [0.15, 0.2) is 24.3 Å². The molecule has 0 aliphatic carbocycles. The van der Waals surface area contributed by atoms with Gasteiger partial charge in [0.05, 0.1) is 13.2 Å². The highest BCUT2D eigenvalue weighted by Crippen LogP contribution is 2.09. The number of carbonyl (C=O) groups excluding carboxylic acids is 1. The summed E-state index contributed by atoms with van der Waals surface area (Å²) in [6.07, 6.45) is -0.444. The van der Waals surface area contributed by atoms with Crippen molar-refractivity contribution in [1.29, 1.82) is 0 Å². The van der Waals surface area contributed by atoms with Gasteiger partial charge in [-0.25, -0.2) is 9.18 Å². The Morgan fingerprint density at radius 1 is 1.47 bits per heavy atom. The number of rotatable bonds is 3. The first-order valence-corrected chi connectivity index (χ1v) is 4.76. The molecule has 82 valence electrons. The maximum Gasteiger partial charge on any atom is 0.409 e. The molecule has 0 unspecified atom stereocenters. The zero-order valence-corrected chi connectivity index (χ0v) is 8.87. The number of carbonyl (C=O) groups is 1. The molecule has 0 spiro atoms.